The van der Waals surface area contributed by atoms with Crippen LogP contribution in [0.5, 0.6) is 5.75 Å². The molecule has 1 aliphatic carbocycles. The van der Waals surface area contributed by atoms with Gasteiger partial charge in [-0.1, -0.05) is 36.3 Å². The zero-order valence-electron chi connectivity index (χ0n) is 21.2. The highest BCUT2D eigenvalue weighted by Gasteiger charge is 2.35. The van der Waals surface area contributed by atoms with E-state index in [2.05, 4.69) is 0 Å². The fraction of sp³-hybridized carbons (Fsp3) is 0.429. The minimum atomic E-state index is -4.19. The van der Waals surface area contributed by atoms with E-state index < -0.39 is 16.1 Å². The summed E-state index contributed by atoms with van der Waals surface area (Å²) in [6.45, 7) is 8.04. The summed E-state index contributed by atoms with van der Waals surface area (Å²) in [5, 5.41) is 0. The van der Waals surface area contributed by atoms with Gasteiger partial charge >= 0.3 is 22.1 Å². The zero-order chi connectivity index (χ0) is 26.0. The van der Waals surface area contributed by atoms with Gasteiger partial charge in [0.05, 0.1) is 12.5 Å². The molecule has 0 radical (unpaired) electrons. The van der Waals surface area contributed by atoms with Crippen molar-refractivity contribution in [2.24, 2.45) is 5.92 Å². The van der Waals surface area contributed by atoms with Gasteiger partial charge in [-0.2, -0.15) is 8.42 Å². The van der Waals surface area contributed by atoms with Crippen molar-refractivity contribution in [2.45, 2.75) is 71.3 Å². The molecule has 0 N–H and O–H groups in total. The van der Waals surface area contributed by atoms with Crippen LogP contribution in [0, 0.1) is 19.8 Å². The Balaban J connectivity index is 1.75. The molecule has 8 heteroatoms. The monoisotopic (exact) mass is 512 g/mol. The summed E-state index contributed by atoms with van der Waals surface area (Å²) in [5.74, 6) is -0.870. The van der Waals surface area contributed by atoms with Crippen LogP contribution in [-0.2, 0) is 43.8 Å². The predicted octanol–water partition coefficient (Wildman–Crippen LogP) is 5.14. The Labute approximate surface area is 212 Å². The van der Waals surface area contributed by atoms with Crippen molar-refractivity contribution in [3.05, 3.63) is 69.3 Å². The van der Waals surface area contributed by atoms with Crippen molar-refractivity contribution in [1.82, 2.24) is 0 Å². The van der Waals surface area contributed by atoms with Gasteiger partial charge < -0.3 is 13.7 Å². The van der Waals surface area contributed by atoms with Crippen LogP contribution in [0.2, 0.25) is 0 Å². The topological polar surface area (TPSA) is 96.0 Å². The van der Waals surface area contributed by atoms with Crippen LogP contribution in [-0.4, -0.2) is 27.0 Å². The Bertz CT molecular complexity index is 1320. The Morgan fingerprint density at radius 3 is 2.53 bits per heavy atom. The lowest BCUT2D eigenvalue weighted by atomic mass is 9.89. The quantitative estimate of drug-likeness (QED) is 0.275. The molecule has 36 heavy (non-hydrogen) atoms. The first-order valence-corrected chi connectivity index (χ1v) is 13.8. The molecule has 0 spiro atoms. The minimum absolute atomic E-state index is 0.0178. The van der Waals surface area contributed by atoms with E-state index >= 15 is 0 Å². The second kappa shape index (κ2) is 10.5. The summed E-state index contributed by atoms with van der Waals surface area (Å²) in [6.07, 6.45) is 5.17. The summed E-state index contributed by atoms with van der Waals surface area (Å²) >= 11 is 0. The van der Waals surface area contributed by atoms with Gasteiger partial charge in [0, 0.05) is 11.1 Å². The van der Waals surface area contributed by atoms with Crippen LogP contribution >= 0.6 is 0 Å². The van der Waals surface area contributed by atoms with E-state index in [-0.39, 0.29) is 34.7 Å². The predicted molar refractivity (Wildman–Crippen MR) is 134 cm³/mol. The largest absolute Gasteiger partial charge is 0.466 e. The van der Waals surface area contributed by atoms with Gasteiger partial charge in [0.25, 0.3) is 0 Å². The van der Waals surface area contributed by atoms with Crippen molar-refractivity contribution in [3.63, 3.8) is 0 Å². The first-order chi connectivity index (χ1) is 17.2. The lowest BCUT2D eigenvalue weighted by Gasteiger charge is -2.19. The highest BCUT2D eigenvalue weighted by Crippen LogP contribution is 2.41. The van der Waals surface area contributed by atoms with Crippen LogP contribution in [0.3, 0.4) is 0 Å². The molecule has 2 aromatic rings. The van der Waals surface area contributed by atoms with Gasteiger partial charge in [0.1, 0.15) is 17.1 Å². The Morgan fingerprint density at radius 1 is 1.14 bits per heavy atom. The molecule has 0 saturated heterocycles. The van der Waals surface area contributed by atoms with Gasteiger partial charge in [0.15, 0.2) is 5.75 Å². The maximum Gasteiger partial charge on any atom is 0.342 e. The van der Waals surface area contributed by atoms with E-state index in [1.165, 1.54) is 12.1 Å². The second-order valence-corrected chi connectivity index (χ2v) is 10.8. The molecule has 4 rings (SSSR count). The molecule has 0 aromatic heterocycles. The molecule has 0 bridgehead atoms. The number of hydrogen-bond acceptors (Lipinski definition) is 7. The fourth-order valence-corrected chi connectivity index (χ4v) is 6.02. The Hall–Kier alpha value is -3.13. The molecule has 0 amide bonds. The smallest absolute Gasteiger partial charge is 0.342 e. The number of carbonyl (C=O) groups is 2. The molecular weight excluding hydrogens is 480 g/mol. The van der Waals surface area contributed by atoms with Crippen LogP contribution in [0.1, 0.15) is 71.3 Å². The number of benzene rings is 2. The number of esters is 2. The highest BCUT2D eigenvalue weighted by molar-refractivity contribution is 7.87. The lowest BCUT2D eigenvalue weighted by molar-refractivity contribution is -0.147. The summed E-state index contributed by atoms with van der Waals surface area (Å²) in [5.41, 5.74) is 5.42. The first kappa shape index (κ1) is 25.9. The molecule has 1 aliphatic heterocycles. The van der Waals surface area contributed by atoms with Crippen LogP contribution < -0.4 is 4.18 Å². The molecule has 1 atom stereocenters. The van der Waals surface area contributed by atoms with Gasteiger partial charge in [-0.05, 0) is 76.1 Å². The number of carbonyl (C=O) groups excluding carboxylic acids is 2. The standard InChI is InChI=1S/C28H32O7S/c1-5-22-18(4)24-16-34-28(30)25(24)26(35-36(31,32)21-12-7-17(3)8-13-21)23(22)14-10-19-9-11-20(15-19)27(29)33-6-2/h7-8,10,12-13,20H,5-6,9,11,14-16H2,1-4H3/b19-10+. The van der Waals surface area contributed by atoms with E-state index in [1.54, 1.807) is 19.1 Å². The first-order valence-electron chi connectivity index (χ1n) is 12.4. The SMILES string of the molecule is CCOC(=O)C1CC/C(=C\Cc2c(CC)c(C)c3c(c2OS(=O)(=O)c2ccc(C)cc2)C(=O)OC3)C1. The Morgan fingerprint density at radius 2 is 1.86 bits per heavy atom. The number of rotatable bonds is 8. The van der Waals surface area contributed by atoms with Crippen LogP contribution in [0.25, 0.3) is 0 Å². The maximum absolute atomic E-state index is 13.3. The molecule has 1 unspecified atom stereocenters. The number of aryl methyl sites for hydroxylation is 1. The summed E-state index contributed by atoms with van der Waals surface area (Å²) in [6, 6.07) is 6.39. The van der Waals surface area contributed by atoms with Crippen molar-refractivity contribution in [1.29, 1.82) is 0 Å². The van der Waals surface area contributed by atoms with E-state index in [9.17, 15) is 18.0 Å². The van der Waals surface area contributed by atoms with Crippen molar-refractivity contribution in [2.75, 3.05) is 6.61 Å². The number of allylic oxidation sites excluding steroid dienone is 2. The Kier molecular flexibility index (Phi) is 7.54. The van der Waals surface area contributed by atoms with Crippen LogP contribution in [0.4, 0.5) is 0 Å². The van der Waals surface area contributed by atoms with Gasteiger partial charge in [-0.25, -0.2) is 4.79 Å². The maximum atomic E-state index is 13.3. The van der Waals surface area contributed by atoms with Gasteiger partial charge in [-0.15, -0.1) is 0 Å². The zero-order valence-corrected chi connectivity index (χ0v) is 22.0. The van der Waals surface area contributed by atoms with E-state index in [0.29, 0.717) is 37.0 Å². The number of hydrogen-bond donors (Lipinski definition) is 0. The second-order valence-electron chi connectivity index (χ2n) is 9.30. The van der Waals surface area contributed by atoms with Crippen molar-refractivity contribution < 1.29 is 31.7 Å². The van der Waals surface area contributed by atoms with Crippen molar-refractivity contribution >= 4 is 22.1 Å². The number of cyclic esters (lactones) is 1. The molecule has 2 aliphatic rings. The molecule has 7 nitrogen and oxygen atoms in total. The van der Waals surface area contributed by atoms with E-state index in [1.807, 2.05) is 26.8 Å². The summed E-state index contributed by atoms with van der Waals surface area (Å²) in [4.78, 5) is 24.9. The summed E-state index contributed by atoms with van der Waals surface area (Å²) < 4.78 is 42.7. The number of fused-ring (bicyclic) bond motifs is 1. The molecular formula is C28H32O7S. The number of ether oxygens (including phenoxy) is 2. The van der Waals surface area contributed by atoms with Gasteiger partial charge in [-0.3, -0.25) is 4.79 Å². The third kappa shape index (κ3) is 5.05. The van der Waals surface area contributed by atoms with Gasteiger partial charge in [0.2, 0.25) is 0 Å². The average molecular weight is 513 g/mol. The minimum Gasteiger partial charge on any atom is -0.466 e. The average Bonchev–Trinajstić information content (AvgIpc) is 3.47. The van der Waals surface area contributed by atoms with E-state index in [0.717, 1.165) is 35.1 Å². The normalized spacial score (nSPS) is 18.3. The molecule has 1 heterocycles. The molecule has 192 valence electrons. The summed E-state index contributed by atoms with van der Waals surface area (Å²) in [7, 11) is -4.19. The molecule has 1 fully saturated rings. The third-order valence-corrected chi connectivity index (χ3v) is 8.25. The molecule has 2 aromatic carbocycles. The van der Waals surface area contributed by atoms with Crippen molar-refractivity contribution in [3.8, 4) is 5.75 Å². The van der Waals surface area contributed by atoms with E-state index in [4.69, 9.17) is 13.7 Å². The highest BCUT2D eigenvalue weighted by atomic mass is 32.2. The molecule has 1 saturated carbocycles. The lowest BCUT2D eigenvalue weighted by Crippen LogP contribution is -2.16. The van der Waals surface area contributed by atoms with Crippen LogP contribution in [0.15, 0.2) is 40.8 Å². The third-order valence-electron chi connectivity index (χ3n) is 7.02. The fourth-order valence-electron chi connectivity index (χ4n) is 5.05.